The van der Waals surface area contributed by atoms with Crippen LogP contribution in [0.4, 0.5) is 0 Å². The van der Waals surface area contributed by atoms with E-state index in [2.05, 4.69) is 10.1 Å². The third-order valence-corrected chi connectivity index (χ3v) is 6.68. The second kappa shape index (κ2) is 11.4. The molecule has 0 radical (unpaired) electrons. The first-order valence-corrected chi connectivity index (χ1v) is 11.8. The number of methoxy groups -OCH3 is 1. The van der Waals surface area contributed by atoms with Gasteiger partial charge in [0.15, 0.2) is 6.10 Å². The highest BCUT2D eigenvalue weighted by atomic mass is 31.2. The van der Waals surface area contributed by atoms with Crippen molar-refractivity contribution in [3.63, 3.8) is 0 Å². The van der Waals surface area contributed by atoms with E-state index >= 15 is 0 Å². The predicted molar refractivity (Wildman–Crippen MR) is 112 cm³/mol. The van der Waals surface area contributed by atoms with E-state index in [0.29, 0.717) is 0 Å². The number of amides is 1. The minimum atomic E-state index is -3.55. The molecular formula is C21H30NO8P. The van der Waals surface area contributed by atoms with Crippen molar-refractivity contribution in [2.24, 2.45) is 5.41 Å². The van der Waals surface area contributed by atoms with E-state index in [1.165, 1.54) is 7.11 Å². The summed E-state index contributed by atoms with van der Waals surface area (Å²) in [6, 6.07) is 9.30. The average Bonchev–Trinajstić information content (AvgIpc) is 2.74. The molecule has 9 nitrogen and oxygen atoms in total. The summed E-state index contributed by atoms with van der Waals surface area (Å²) in [4.78, 5) is 35.7. The van der Waals surface area contributed by atoms with Gasteiger partial charge in [-0.15, -0.1) is 0 Å². The highest BCUT2D eigenvalue weighted by Gasteiger charge is 2.47. The normalized spacial score (nSPS) is 22.4. The summed E-state index contributed by atoms with van der Waals surface area (Å²) < 4.78 is 33.8. The van der Waals surface area contributed by atoms with E-state index in [1.54, 1.807) is 13.8 Å². The predicted octanol–water partition coefficient (Wildman–Crippen LogP) is 2.82. The molecule has 0 aromatic heterocycles. The zero-order chi connectivity index (χ0) is 22.9. The monoisotopic (exact) mass is 455 g/mol. The number of esters is 2. The van der Waals surface area contributed by atoms with Crippen molar-refractivity contribution in [3.05, 3.63) is 35.9 Å². The first-order chi connectivity index (χ1) is 14.6. The van der Waals surface area contributed by atoms with Gasteiger partial charge in [0.1, 0.15) is 6.61 Å². The van der Waals surface area contributed by atoms with Gasteiger partial charge in [-0.25, -0.2) is 0 Å². The van der Waals surface area contributed by atoms with E-state index in [1.807, 2.05) is 30.3 Å². The molecule has 1 aliphatic rings. The Hall–Kier alpha value is -2.22. The molecule has 1 aromatic carbocycles. The second-order valence-corrected chi connectivity index (χ2v) is 10.1. The van der Waals surface area contributed by atoms with Crippen LogP contribution >= 0.6 is 7.60 Å². The fourth-order valence-corrected chi connectivity index (χ4v) is 4.98. The summed E-state index contributed by atoms with van der Waals surface area (Å²) in [5, 5.41) is 2.60. The van der Waals surface area contributed by atoms with Crippen molar-refractivity contribution in [1.29, 1.82) is 0 Å². The molecule has 1 amide bonds. The molecule has 1 unspecified atom stereocenters. The summed E-state index contributed by atoms with van der Waals surface area (Å²) in [5.41, 5.74) is 0.170. The van der Waals surface area contributed by atoms with Crippen LogP contribution in [0.5, 0.6) is 0 Å². The maximum atomic E-state index is 13.0. The first kappa shape index (κ1) is 25.0. The smallest absolute Gasteiger partial charge is 0.331 e. The van der Waals surface area contributed by atoms with Crippen LogP contribution in [0.25, 0.3) is 0 Å². The number of carbonyl (C=O) groups excluding carboxylic acids is 3. The molecule has 2 atom stereocenters. The Morgan fingerprint density at radius 1 is 1.16 bits per heavy atom. The summed E-state index contributed by atoms with van der Waals surface area (Å²) in [6.07, 6.45) is -0.690. The van der Waals surface area contributed by atoms with Crippen molar-refractivity contribution in [1.82, 2.24) is 5.32 Å². The molecule has 1 fully saturated rings. The van der Waals surface area contributed by atoms with Gasteiger partial charge in [0.2, 0.25) is 5.91 Å². The topological polar surface area (TPSA) is 117 Å². The van der Waals surface area contributed by atoms with Crippen LogP contribution in [-0.2, 0) is 44.1 Å². The van der Waals surface area contributed by atoms with E-state index in [-0.39, 0.29) is 45.2 Å². The Morgan fingerprint density at radius 2 is 1.87 bits per heavy atom. The first-order valence-electron chi connectivity index (χ1n) is 10.1. The van der Waals surface area contributed by atoms with Crippen molar-refractivity contribution in [2.45, 2.75) is 45.8 Å². The Balaban J connectivity index is 1.81. The molecular weight excluding hydrogens is 425 g/mol. The summed E-state index contributed by atoms with van der Waals surface area (Å²) in [6.45, 7) is 3.86. The Bertz CT molecular complexity index is 811. The summed E-state index contributed by atoms with van der Waals surface area (Å²) >= 11 is 0. The molecule has 0 bridgehead atoms. The molecule has 2 rings (SSSR count). The van der Waals surface area contributed by atoms with Crippen LogP contribution in [0.1, 0.15) is 38.7 Å². The molecule has 1 aromatic rings. The third-order valence-electron chi connectivity index (χ3n) is 4.76. The largest absolute Gasteiger partial charge is 0.469 e. The van der Waals surface area contributed by atoms with Gasteiger partial charge < -0.3 is 19.3 Å². The fraction of sp³-hybridized carbons (Fsp3) is 0.571. The SMILES string of the molecule is COC(=O)CCNC(=O)[C@@H]1OP(=O)(CCCC(=O)OCc2ccccc2)OCC1(C)C. The van der Waals surface area contributed by atoms with E-state index < -0.39 is 37.0 Å². The molecule has 10 heteroatoms. The highest BCUT2D eigenvalue weighted by Crippen LogP contribution is 2.56. The van der Waals surface area contributed by atoms with Gasteiger partial charge in [-0.05, 0) is 12.0 Å². The average molecular weight is 455 g/mol. The van der Waals surface area contributed by atoms with Crippen LogP contribution in [0.2, 0.25) is 0 Å². The lowest BCUT2D eigenvalue weighted by atomic mass is 9.87. The summed E-state index contributed by atoms with van der Waals surface area (Å²) in [5.74, 6) is -1.33. The maximum absolute atomic E-state index is 13.0. The van der Waals surface area contributed by atoms with Gasteiger partial charge in [0.05, 0.1) is 26.3 Å². The lowest BCUT2D eigenvalue weighted by Crippen LogP contribution is -2.50. The second-order valence-electron chi connectivity index (χ2n) is 7.95. The number of hydrogen-bond acceptors (Lipinski definition) is 8. The Morgan fingerprint density at radius 3 is 2.55 bits per heavy atom. The van der Waals surface area contributed by atoms with Crippen LogP contribution < -0.4 is 5.32 Å². The molecule has 1 N–H and O–H groups in total. The molecule has 0 spiro atoms. The van der Waals surface area contributed by atoms with Gasteiger partial charge in [-0.3, -0.25) is 23.5 Å². The van der Waals surface area contributed by atoms with Gasteiger partial charge >= 0.3 is 19.5 Å². The van der Waals surface area contributed by atoms with Crippen LogP contribution in [0.15, 0.2) is 30.3 Å². The standard InChI is InChI=1S/C21H30NO8P/c1-21(2)15-29-31(26,30-19(21)20(25)22-12-11-17(23)27-3)13-7-10-18(24)28-14-16-8-5-4-6-9-16/h4-6,8-9,19H,7,10-15H2,1-3H3,(H,22,25)/t19-,31?/m0/s1. The van der Waals surface area contributed by atoms with Gasteiger partial charge in [-0.2, -0.15) is 0 Å². The molecule has 172 valence electrons. The Labute approximate surface area is 182 Å². The van der Waals surface area contributed by atoms with Crippen LogP contribution in [0, 0.1) is 5.41 Å². The minimum absolute atomic E-state index is 0.00451. The molecule has 31 heavy (non-hydrogen) atoms. The molecule has 0 aliphatic carbocycles. The van der Waals surface area contributed by atoms with Crippen LogP contribution in [-0.4, -0.2) is 50.4 Å². The molecule has 1 saturated heterocycles. The quantitative estimate of drug-likeness (QED) is 0.423. The number of hydrogen-bond donors (Lipinski definition) is 1. The Kier molecular flexibility index (Phi) is 9.22. The third kappa shape index (κ3) is 8.09. The lowest BCUT2D eigenvalue weighted by molar-refractivity contribution is -0.145. The number of benzene rings is 1. The van der Waals surface area contributed by atoms with E-state index in [0.717, 1.165) is 5.56 Å². The number of nitrogens with one attached hydrogen (secondary N) is 1. The number of rotatable bonds is 10. The number of carbonyl (C=O) groups is 3. The van der Waals surface area contributed by atoms with Crippen molar-refractivity contribution in [3.8, 4) is 0 Å². The van der Waals surface area contributed by atoms with Crippen molar-refractivity contribution in [2.75, 3.05) is 26.4 Å². The minimum Gasteiger partial charge on any atom is -0.469 e. The fourth-order valence-electron chi connectivity index (χ4n) is 2.90. The van der Waals surface area contributed by atoms with Gasteiger partial charge in [0, 0.05) is 18.4 Å². The lowest BCUT2D eigenvalue weighted by Gasteiger charge is -2.40. The van der Waals surface area contributed by atoms with E-state index in [9.17, 15) is 18.9 Å². The molecule has 0 saturated carbocycles. The summed E-state index contributed by atoms with van der Waals surface area (Å²) in [7, 11) is -2.29. The van der Waals surface area contributed by atoms with Crippen LogP contribution in [0.3, 0.4) is 0 Å². The zero-order valence-corrected chi connectivity index (χ0v) is 19.0. The van der Waals surface area contributed by atoms with Crippen molar-refractivity contribution < 1.29 is 37.5 Å². The molecule has 1 aliphatic heterocycles. The van der Waals surface area contributed by atoms with Gasteiger partial charge in [-0.1, -0.05) is 44.2 Å². The van der Waals surface area contributed by atoms with E-state index in [4.69, 9.17) is 13.8 Å². The number of ether oxygens (including phenoxy) is 2. The van der Waals surface area contributed by atoms with Crippen molar-refractivity contribution >= 4 is 25.4 Å². The highest BCUT2D eigenvalue weighted by molar-refractivity contribution is 7.53. The van der Waals surface area contributed by atoms with Gasteiger partial charge in [0.25, 0.3) is 0 Å². The zero-order valence-electron chi connectivity index (χ0n) is 18.1. The molecule has 1 heterocycles. The maximum Gasteiger partial charge on any atom is 0.331 e.